The van der Waals surface area contributed by atoms with Gasteiger partial charge in [0.05, 0.1) is 56.2 Å². The highest BCUT2D eigenvalue weighted by Gasteiger charge is 2.65. The van der Waals surface area contributed by atoms with Gasteiger partial charge in [-0.1, -0.05) is 36.2 Å². The molecule has 0 bridgehead atoms. The smallest absolute Gasteiger partial charge is 0.410 e. The number of nitro benzene ring substituents is 1. The van der Waals surface area contributed by atoms with Gasteiger partial charge in [0.1, 0.15) is 30.4 Å². The molecule has 15 heteroatoms. The molecule has 1 fully saturated rings. The third kappa shape index (κ3) is 9.30. The Morgan fingerprint density at radius 1 is 1.05 bits per heavy atom. The van der Waals surface area contributed by atoms with Crippen molar-refractivity contribution in [2.24, 2.45) is 22.9 Å². The number of methoxy groups -OCH3 is 1. The number of carbonyl (C=O) groups is 1. The second-order valence-corrected chi connectivity index (χ2v) is 13.8. The predicted molar refractivity (Wildman–Crippen MR) is 202 cm³/mol. The van der Waals surface area contributed by atoms with Crippen LogP contribution in [0.3, 0.4) is 0 Å². The van der Waals surface area contributed by atoms with E-state index in [-0.39, 0.29) is 76.0 Å². The number of ether oxygens (including phenoxy) is 5. The molecule has 1 saturated carbocycles. The lowest BCUT2D eigenvalue weighted by Crippen LogP contribution is -2.70. The van der Waals surface area contributed by atoms with Crippen molar-refractivity contribution in [3.05, 3.63) is 82.4 Å². The molecule has 6 unspecified atom stereocenters. The van der Waals surface area contributed by atoms with Crippen molar-refractivity contribution < 1.29 is 53.6 Å². The number of nitro groups is 1. The number of aliphatic hydroxyl groups excluding tert-OH is 3. The van der Waals surface area contributed by atoms with Crippen molar-refractivity contribution in [3.8, 4) is 17.2 Å². The molecule has 3 N–H and O–H groups in total. The van der Waals surface area contributed by atoms with E-state index in [9.17, 15) is 30.2 Å². The highest BCUT2D eigenvalue weighted by atomic mass is 16.7. The molecule has 300 valence electrons. The maximum atomic E-state index is 13.7. The summed E-state index contributed by atoms with van der Waals surface area (Å²) in [7, 11) is 2.78. The Balaban J connectivity index is 1.74. The van der Waals surface area contributed by atoms with Crippen molar-refractivity contribution in [1.29, 1.82) is 0 Å². The number of aliphatic hydroxyl groups is 3. The van der Waals surface area contributed by atoms with Gasteiger partial charge in [0, 0.05) is 43.7 Å². The van der Waals surface area contributed by atoms with Crippen molar-refractivity contribution in [2.75, 3.05) is 60.4 Å². The van der Waals surface area contributed by atoms with E-state index in [1.165, 1.54) is 31.3 Å². The fraction of sp³-hybridized carbons (Fsp3) is 0.550. The molecule has 0 saturated heterocycles. The molecular formula is C40H53N3O12. The molecule has 6 atom stereocenters. The molecule has 2 aromatic rings. The van der Waals surface area contributed by atoms with E-state index in [2.05, 4.69) is 17.8 Å². The average Bonchev–Trinajstić information content (AvgIpc) is 3.19. The number of hydrogen-bond acceptors (Lipinski definition) is 13. The number of benzene rings is 2. The molecule has 0 aromatic heterocycles. The standard InChI is InChI=1S/C40H53N3O12/c1-4-20-53-40-36(42(39(47)50-2)16-21-52-22-19-46)26-34(41-51-3)32-23-27(10-5-7-17-44)31(13-6-8-18-45)37(38(32)40)33-25-30(14-15-35(33)55-40)54-29-12-9-11-28(24-29)43(48)49/h4,9,11-12,14-15,23-25,27,31,36-38,44-46H,1,5-8,10,13,16-22,26H2,2-3H3. The van der Waals surface area contributed by atoms with E-state index in [0.29, 0.717) is 35.8 Å². The zero-order valence-electron chi connectivity index (χ0n) is 31.5. The van der Waals surface area contributed by atoms with Crippen LogP contribution in [-0.2, 0) is 19.0 Å². The molecule has 55 heavy (non-hydrogen) atoms. The highest BCUT2D eigenvalue weighted by Crippen LogP contribution is 2.62. The Bertz CT molecular complexity index is 1680. The molecule has 15 nitrogen and oxygen atoms in total. The van der Waals surface area contributed by atoms with Gasteiger partial charge in [-0.25, -0.2) is 4.79 Å². The van der Waals surface area contributed by atoms with Crippen LogP contribution in [0.15, 0.2) is 71.9 Å². The Morgan fingerprint density at radius 3 is 2.51 bits per heavy atom. The summed E-state index contributed by atoms with van der Waals surface area (Å²) in [6.45, 7) is 4.22. The van der Waals surface area contributed by atoms with Crippen LogP contribution in [0.5, 0.6) is 17.2 Å². The lowest BCUT2D eigenvalue weighted by atomic mass is 9.55. The minimum Gasteiger partial charge on any atom is -0.459 e. The number of amides is 1. The SMILES string of the molecule is C=CCOC12Oc3ccc(Oc4cccc([N+](=O)[O-])c4)cc3C3C(CCCCO)C(CCCCO)C=C(C(=NOC)CC1N(CCOCCO)C(=O)OC)C32. The minimum atomic E-state index is -1.50. The number of allylic oxidation sites excluding steroid dienone is 1. The van der Waals surface area contributed by atoms with Crippen LogP contribution in [0, 0.1) is 27.9 Å². The number of hydrogen-bond donors (Lipinski definition) is 3. The first-order chi connectivity index (χ1) is 26.8. The van der Waals surface area contributed by atoms with Crippen LogP contribution in [0.25, 0.3) is 0 Å². The molecule has 2 aromatic carbocycles. The Hall–Kier alpha value is -4.54. The first kappa shape index (κ1) is 41.6. The second kappa shape index (κ2) is 19.9. The van der Waals surface area contributed by atoms with Crippen LogP contribution in [0.2, 0.25) is 0 Å². The Kier molecular flexibility index (Phi) is 15.0. The van der Waals surface area contributed by atoms with Gasteiger partial charge in [0.15, 0.2) is 0 Å². The molecule has 0 spiro atoms. The minimum absolute atomic E-state index is 0.0214. The fourth-order valence-corrected chi connectivity index (χ4v) is 8.44. The van der Waals surface area contributed by atoms with Crippen LogP contribution < -0.4 is 9.47 Å². The van der Waals surface area contributed by atoms with E-state index in [1.807, 2.05) is 6.07 Å². The zero-order chi connectivity index (χ0) is 39.4. The Labute approximate surface area is 321 Å². The van der Waals surface area contributed by atoms with Gasteiger partial charge in [0.2, 0.25) is 5.79 Å². The molecule has 5 rings (SSSR count). The molecule has 1 heterocycles. The topological polar surface area (TPSA) is 192 Å². The van der Waals surface area contributed by atoms with Gasteiger partial charge < -0.3 is 43.8 Å². The molecule has 1 aliphatic heterocycles. The summed E-state index contributed by atoms with van der Waals surface area (Å²) in [6, 6.07) is 10.6. The van der Waals surface area contributed by atoms with Gasteiger partial charge in [0.25, 0.3) is 5.69 Å². The van der Waals surface area contributed by atoms with Crippen molar-refractivity contribution in [3.63, 3.8) is 0 Å². The summed E-state index contributed by atoms with van der Waals surface area (Å²) in [4.78, 5) is 31.8. The number of non-ortho nitro benzene ring substituents is 1. The van der Waals surface area contributed by atoms with E-state index < -0.39 is 28.8 Å². The first-order valence-corrected chi connectivity index (χ1v) is 18.8. The van der Waals surface area contributed by atoms with Gasteiger partial charge >= 0.3 is 6.09 Å². The summed E-state index contributed by atoms with van der Waals surface area (Å²) in [6.07, 6.45) is 7.67. The van der Waals surface area contributed by atoms with Crippen molar-refractivity contribution in [1.82, 2.24) is 4.90 Å². The van der Waals surface area contributed by atoms with Gasteiger partial charge in [-0.3, -0.25) is 15.0 Å². The molecule has 3 aliphatic rings. The molecule has 1 amide bonds. The first-order valence-electron chi connectivity index (χ1n) is 18.8. The molecule has 0 radical (unpaired) electrons. The molecular weight excluding hydrogens is 714 g/mol. The van der Waals surface area contributed by atoms with E-state index in [0.717, 1.165) is 36.8 Å². The quantitative estimate of drug-likeness (QED) is 0.0606. The number of fused-ring (bicyclic) bond motifs is 2. The largest absolute Gasteiger partial charge is 0.459 e. The third-order valence-electron chi connectivity index (χ3n) is 10.6. The lowest BCUT2D eigenvalue weighted by Gasteiger charge is -2.59. The highest BCUT2D eigenvalue weighted by molar-refractivity contribution is 6.02. The monoisotopic (exact) mass is 767 g/mol. The third-order valence-corrected chi connectivity index (χ3v) is 10.6. The van der Waals surface area contributed by atoms with Crippen molar-refractivity contribution in [2.45, 2.75) is 62.7 Å². The predicted octanol–water partition coefficient (Wildman–Crippen LogP) is 5.73. The normalized spacial score (nSPS) is 24.5. The molecule has 2 aliphatic carbocycles. The van der Waals surface area contributed by atoms with Gasteiger partial charge in [-0.2, -0.15) is 0 Å². The summed E-state index contributed by atoms with van der Waals surface area (Å²) < 4.78 is 31.2. The van der Waals surface area contributed by atoms with Crippen LogP contribution in [0.4, 0.5) is 10.5 Å². The number of carbonyl (C=O) groups excluding carboxylic acids is 1. The van der Waals surface area contributed by atoms with Gasteiger partial charge in [-0.15, -0.1) is 6.58 Å². The van der Waals surface area contributed by atoms with Gasteiger partial charge in [-0.05, 0) is 67.4 Å². The summed E-state index contributed by atoms with van der Waals surface area (Å²) in [5, 5.41) is 45.0. The van der Waals surface area contributed by atoms with E-state index >= 15 is 0 Å². The zero-order valence-corrected chi connectivity index (χ0v) is 31.5. The fourth-order valence-electron chi connectivity index (χ4n) is 8.44. The number of nitrogens with zero attached hydrogens (tertiary/aromatic N) is 3. The van der Waals surface area contributed by atoms with E-state index in [4.69, 9.17) is 28.5 Å². The maximum absolute atomic E-state index is 13.7. The summed E-state index contributed by atoms with van der Waals surface area (Å²) in [5.74, 6) is -1.11. The number of oxime groups is 1. The van der Waals surface area contributed by atoms with E-state index in [1.54, 1.807) is 30.3 Å². The van der Waals surface area contributed by atoms with Crippen molar-refractivity contribution >= 4 is 17.5 Å². The second-order valence-electron chi connectivity index (χ2n) is 13.8. The van der Waals surface area contributed by atoms with Crippen LogP contribution in [0.1, 0.15) is 56.4 Å². The average molecular weight is 768 g/mol. The lowest BCUT2D eigenvalue weighted by molar-refractivity contribution is -0.384. The summed E-state index contributed by atoms with van der Waals surface area (Å²) in [5.41, 5.74) is 2.19. The summed E-state index contributed by atoms with van der Waals surface area (Å²) >= 11 is 0. The van der Waals surface area contributed by atoms with Crippen LogP contribution in [-0.4, -0.2) is 109 Å². The maximum Gasteiger partial charge on any atom is 0.410 e. The van der Waals surface area contributed by atoms with Crippen LogP contribution >= 0.6 is 0 Å². The Morgan fingerprint density at radius 2 is 1.82 bits per heavy atom. The number of rotatable bonds is 21. The number of unbranched alkanes of at least 4 members (excludes halogenated alkanes) is 2.